The molecule has 8 aromatic carbocycles. The van der Waals surface area contributed by atoms with E-state index in [1.807, 2.05) is 62.4 Å². The van der Waals surface area contributed by atoms with Gasteiger partial charge in [-0.25, -0.2) is 0 Å². The fourth-order valence-corrected chi connectivity index (χ4v) is 20.5. The zero-order valence-electron chi connectivity index (χ0n) is 96.7. The second kappa shape index (κ2) is 74.6. The van der Waals surface area contributed by atoms with Crippen molar-refractivity contribution in [1.29, 1.82) is 0 Å². The number of hydrogen-bond acceptors (Lipinski definition) is 5. The van der Waals surface area contributed by atoms with Gasteiger partial charge in [0, 0.05) is 37.7 Å². The van der Waals surface area contributed by atoms with Gasteiger partial charge in [0.2, 0.25) is 5.41 Å². The molecule has 0 spiro atoms. The average Bonchev–Trinajstić information content (AvgIpc) is 1.12. The molecule has 6 saturated carbocycles. The van der Waals surface area contributed by atoms with Crippen molar-refractivity contribution in [2.45, 2.75) is 427 Å². The van der Waals surface area contributed by atoms with Crippen molar-refractivity contribution < 1.29 is 50.1 Å². The number of anilines is 1. The number of fused-ring (bicyclic) bond motifs is 5. The zero-order valence-corrected chi connectivity index (χ0v) is 96.7. The van der Waals surface area contributed by atoms with E-state index < -0.39 is 28.9 Å². The molecule has 6 nitrogen and oxygen atoms in total. The van der Waals surface area contributed by atoms with Crippen molar-refractivity contribution in [2.75, 3.05) is 51.6 Å². The van der Waals surface area contributed by atoms with E-state index in [1.165, 1.54) is 210 Å². The van der Waals surface area contributed by atoms with Gasteiger partial charge in [0.1, 0.15) is 0 Å². The standard InChI is InChI=1S/C18H22.C17H14F6.C17H32.C15H15NO.C11H24O2.C10H16.C10H14.C10H20.C10H14.C8H18O2.2C3H8.2CH4/c1-11-7-17(8-12(2)15(11)5)18-9-13(3)16(6)14(4)10-18;1-11-3-7-13(8-4-11)15(16(18,19)20,17(21,22)23)14-9-5-12(2)6-10-14;1-12-5-7-16(9-14(12)3)11-17-8-6-13(2)15(4)10-17;1-11-3-7-13(8-4-11)15(17)16-14-9-5-12(2)6-10-14;1-9(2)6-12-8-11(5)13-7-10(3)4;1-2-9-7-4-5-8(6-7)10(9)3-1;1-3-9-5-7-10(4-2)8-6-9;2*1-3-9-6-5-7-10(4-2)8-9;1-3-5-9-7-8-10-6-4-2;2*1-3-2;;/h7-10H,1-6H3;3-10H,1-2H3;12-17H,5-11H2,1-4H3;3-10H,1-2H3,(H,16,17);9-11H,6-8H2,1-5H3;7-10H,1-6H2;5-8H,3-4H2,1-2H3;9-10H,3-8H2,1-2H3;5-8H,3-4H2,1-2H3;3-8H2,1-2H3;2*3H2,1-2H3;2*1H4. The first kappa shape index (κ1) is 137. The van der Waals surface area contributed by atoms with Crippen molar-refractivity contribution in [2.24, 2.45) is 82.9 Å². The highest BCUT2D eigenvalue weighted by Crippen LogP contribution is 2.59. The molecule has 13 unspecified atom stereocenters. The van der Waals surface area contributed by atoms with Crippen LogP contribution in [0.4, 0.5) is 32.0 Å². The van der Waals surface area contributed by atoms with E-state index in [1.54, 1.807) is 58.8 Å². The van der Waals surface area contributed by atoms with E-state index >= 15 is 0 Å². The van der Waals surface area contributed by atoms with Crippen molar-refractivity contribution in [3.63, 3.8) is 0 Å². The van der Waals surface area contributed by atoms with E-state index in [0.717, 1.165) is 161 Å². The second-order valence-electron chi connectivity index (χ2n) is 44.1. The molecule has 1 amide bonds. The molecule has 0 saturated heterocycles. The molecule has 6 fully saturated rings. The number of aryl methyl sites for hydroxylation is 12. The summed E-state index contributed by atoms with van der Waals surface area (Å²) < 4.78 is 104. The van der Waals surface area contributed by atoms with Gasteiger partial charge in [-0.3, -0.25) is 4.79 Å². The molecular weight excluding hydrogens is 1820 g/mol. The van der Waals surface area contributed by atoms with Crippen LogP contribution >= 0.6 is 0 Å². The summed E-state index contributed by atoms with van der Waals surface area (Å²) in [5.41, 5.74) is 16.0. The first-order valence-corrected chi connectivity index (χ1v) is 56.8. The van der Waals surface area contributed by atoms with Crippen LogP contribution in [0, 0.1) is 152 Å². The summed E-state index contributed by atoms with van der Waals surface area (Å²) in [4.78, 5) is 11.9. The molecule has 14 rings (SSSR count). The lowest BCUT2D eigenvalue weighted by atomic mass is 9.68. The van der Waals surface area contributed by atoms with Gasteiger partial charge in [-0.2, -0.15) is 26.3 Å². The Balaban J connectivity index is 0.000000815. The molecule has 2 bridgehead atoms. The monoisotopic (exact) mass is 2030 g/mol. The summed E-state index contributed by atoms with van der Waals surface area (Å²) >= 11 is 0. The Bertz CT molecular complexity index is 4380. The minimum absolute atomic E-state index is 0. The highest BCUT2D eigenvalue weighted by atomic mass is 19.4. The van der Waals surface area contributed by atoms with Crippen LogP contribution < -0.4 is 5.32 Å². The van der Waals surface area contributed by atoms with Crippen LogP contribution in [0.25, 0.3) is 11.1 Å². The number of nitrogens with one attached hydrogen (secondary N) is 1. The minimum Gasteiger partial charge on any atom is -0.379 e. The predicted molar refractivity (Wildman–Crippen MR) is 623 cm³/mol. The molecule has 6 aliphatic rings. The summed E-state index contributed by atoms with van der Waals surface area (Å²) in [6.45, 7) is 72.6. The largest absolute Gasteiger partial charge is 0.411 e. The van der Waals surface area contributed by atoms with Crippen molar-refractivity contribution in [1.82, 2.24) is 0 Å². The van der Waals surface area contributed by atoms with Crippen molar-refractivity contribution in [3.8, 4) is 11.1 Å². The maximum atomic E-state index is 13.7. The third-order valence-corrected chi connectivity index (χ3v) is 30.3. The number of halogens is 6. The first-order chi connectivity index (χ1) is 68.4. The van der Waals surface area contributed by atoms with Gasteiger partial charge in [0.25, 0.3) is 5.91 Å². The van der Waals surface area contributed by atoms with Gasteiger partial charge in [-0.05, 0) is 357 Å². The molecular formula is C134H213F6NO5. The average molecular weight is 2030 g/mol. The van der Waals surface area contributed by atoms with Gasteiger partial charge < -0.3 is 24.3 Å². The molecule has 8 aromatic rings. The zero-order chi connectivity index (χ0) is 108. The lowest BCUT2D eigenvalue weighted by molar-refractivity contribution is -0.288. The van der Waals surface area contributed by atoms with Crippen LogP contribution in [-0.2, 0) is 50.0 Å². The van der Waals surface area contributed by atoms with Crippen LogP contribution in [0.3, 0.4) is 0 Å². The van der Waals surface area contributed by atoms with E-state index in [9.17, 15) is 31.1 Å². The maximum absolute atomic E-state index is 13.7. The van der Waals surface area contributed by atoms with E-state index in [0.29, 0.717) is 35.1 Å². The smallest absolute Gasteiger partial charge is 0.379 e. The number of rotatable bonds is 27. The predicted octanol–water partition coefficient (Wildman–Crippen LogP) is 40.7. The highest BCUT2D eigenvalue weighted by Gasteiger charge is 2.72. The van der Waals surface area contributed by atoms with Crippen LogP contribution in [0.2, 0.25) is 0 Å². The Labute approximate surface area is 892 Å². The molecule has 0 heterocycles. The molecule has 146 heavy (non-hydrogen) atoms. The van der Waals surface area contributed by atoms with Gasteiger partial charge in [-0.15, -0.1) is 0 Å². The number of alkyl halides is 6. The summed E-state index contributed by atoms with van der Waals surface area (Å²) in [5, 5.41) is 2.87. The third kappa shape index (κ3) is 50.3. The lowest BCUT2D eigenvalue weighted by Crippen LogP contribution is -2.54. The SMILES string of the molecule is C.C.C1CC2C3CCC(C3)C2C1.CC(C)COCC(C)OCC(C)C.CC1CCC(CC2CCC(C)C(C)C2)CC1C.CCC.CCC.CCC1CCCC(CC)C1.CCCOCCOCCC.CCc1ccc(CC)cc1.CCc1cccc(CC)c1.Cc1cc(-c2cc(C)c(C)c(C)c2)cc(C)c1C.Cc1ccc(C(c2ccc(C)cc2)(C(F)(F)F)C(F)(F)F)cc1.Cc1ccc(NC(=O)c2ccc(C)cc2)cc1. The molecule has 826 valence electrons. The first-order valence-electron chi connectivity index (χ1n) is 56.8. The summed E-state index contributed by atoms with van der Waals surface area (Å²) in [7, 11) is 0. The van der Waals surface area contributed by atoms with Gasteiger partial charge in [-0.1, -0.05) is 398 Å². The van der Waals surface area contributed by atoms with E-state index in [2.05, 4.69) is 265 Å². The Morgan fingerprint density at radius 2 is 0.712 bits per heavy atom. The Morgan fingerprint density at radius 3 is 1.04 bits per heavy atom. The van der Waals surface area contributed by atoms with Crippen LogP contribution in [0.5, 0.6) is 0 Å². The summed E-state index contributed by atoms with van der Waals surface area (Å²) in [6.07, 6.45) is 27.4. The molecule has 0 aromatic heterocycles. The van der Waals surface area contributed by atoms with Crippen molar-refractivity contribution in [3.05, 3.63) is 264 Å². The van der Waals surface area contributed by atoms with Crippen LogP contribution in [0.15, 0.2) is 170 Å². The second-order valence-corrected chi connectivity index (χ2v) is 44.1. The van der Waals surface area contributed by atoms with Crippen molar-refractivity contribution >= 4 is 11.6 Å². The lowest BCUT2D eigenvalue weighted by Gasteiger charge is -2.38. The number of amides is 1. The maximum Gasteiger partial charge on any atom is 0.411 e. The van der Waals surface area contributed by atoms with E-state index in [-0.39, 0.29) is 26.9 Å². The summed E-state index contributed by atoms with van der Waals surface area (Å²) in [5.74, 6) is 14.1. The quantitative estimate of drug-likeness (QED) is 0.0411. The van der Waals surface area contributed by atoms with Crippen LogP contribution in [-0.4, -0.2) is 70.6 Å². The number of hydrogen-bond donors (Lipinski definition) is 1. The third-order valence-electron chi connectivity index (χ3n) is 30.3. The number of carbonyl (C=O) groups is 1. The Kier molecular flexibility index (Phi) is 69.8. The fraction of sp³-hybridized carbons (Fsp3) is 0.634. The molecule has 6 aliphatic carbocycles. The number of ether oxygens (including phenoxy) is 4. The topological polar surface area (TPSA) is 66.0 Å². The normalized spacial score (nSPS) is 20.0. The molecule has 1 N–H and O–H groups in total. The highest BCUT2D eigenvalue weighted by molar-refractivity contribution is 6.04. The number of carbonyl (C=O) groups excluding carboxylic acids is 1. The molecule has 13 atom stereocenters. The molecule has 0 aliphatic heterocycles. The van der Waals surface area contributed by atoms with Crippen LogP contribution in [0.1, 0.15) is 407 Å². The Morgan fingerprint density at radius 1 is 0.363 bits per heavy atom. The van der Waals surface area contributed by atoms with Gasteiger partial charge >= 0.3 is 12.4 Å². The molecule has 0 radical (unpaired) electrons. The fourth-order valence-electron chi connectivity index (χ4n) is 20.5. The number of benzene rings is 8. The minimum atomic E-state index is -5.53. The summed E-state index contributed by atoms with van der Waals surface area (Å²) in [6, 6.07) is 50.6. The van der Waals surface area contributed by atoms with Gasteiger partial charge in [0.05, 0.1) is 25.9 Å². The molecule has 12 heteroatoms. The van der Waals surface area contributed by atoms with E-state index in [4.69, 9.17) is 18.9 Å². The van der Waals surface area contributed by atoms with Gasteiger partial charge in [0.15, 0.2) is 0 Å². The Hall–Kier alpha value is -7.35.